The van der Waals surface area contributed by atoms with Crippen LogP contribution in [0.3, 0.4) is 0 Å². The van der Waals surface area contributed by atoms with Crippen LogP contribution >= 0.6 is 8.69 Å². The summed E-state index contributed by atoms with van der Waals surface area (Å²) < 4.78 is 8.46. The Balaban J connectivity index is -0.0000000275. The molecule has 1 N–H and O–H groups in total. The van der Waals surface area contributed by atoms with Crippen LogP contribution in [-0.4, -0.2) is 4.89 Å². The Hall–Kier alpha value is 1.06. The third-order valence-corrected chi connectivity index (χ3v) is 0. The molecule has 0 aromatic heterocycles. The average Bonchev–Trinajstić information content (AvgIpc) is 1.46. The van der Waals surface area contributed by atoms with Gasteiger partial charge in [-0.25, -0.2) is 4.57 Å². The molecule has 0 saturated carbocycles. The molecular formula is C2H6NaO2P. The zero-order valence-electron chi connectivity index (χ0n) is 4.01. The maximum atomic E-state index is 8.46. The fourth-order valence-corrected chi connectivity index (χ4v) is 0. The molecule has 2 nitrogen and oxygen atoms in total. The second-order valence-corrected chi connectivity index (χ2v) is 0.245. The molecule has 0 aliphatic carbocycles. The van der Waals surface area contributed by atoms with Gasteiger partial charge in [-0.1, -0.05) is 0 Å². The van der Waals surface area contributed by atoms with Crippen LogP contribution in [0.4, 0.5) is 0 Å². The second-order valence-electron chi connectivity index (χ2n) is 0.0816. The quantitative estimate of drug-likeness (QED) is 0.226. The van der Waals surface area contributed by atoms with Crippen molar-refractivity contribution in [1.82, 2.24) is 0 Å². The molecular weight excluding hydrogens is 110 g/mol. The third-order valence-electron chi connectivity index (χ3n) is 0. The van der Waals surface area contributed by atoms with Crippen molar-refractivity contribution < 1.29 is 39.0 Å². The molecule has 0 unspecified atom stereocenters. The van der Waals surface area contributed by atoms with Gasteiger partial charge in [-0.15, -0.1) is 0 Å². The number of hydrogen-bond acceptors (Lipinski definition) is 1. The van der Waals surface area contributed by atoms with E-state index in [1.807, 2.05) is 0 Å². The van der Waals surface area contributed by atoms with Crippen molar-refractivity contribution in [2.24, 2.45) is 0 Å². The second kappa shape index (κ2) is 36.6. The molecule has 4 heteroatoms. The minimum atomic E-state index is -0.833. The van der Waals surface area contributed by atoms with Crippen LogP contribution in [0.2, 0.25) is 0 Å². The minimum Gasteiger partial charge on any atom is -0.346 e. The monoisotopic (exact) mass is 116 g/mol. The largest absolute Gasteiger partial charge is 1.00 e. The zero-order valence-corrected chi connectivity index (χ0v) is 6.90. The van der Waals surface area contributed by atoms with E-state index in [9.17, 15) is 0 Å². The summed E-state index contributed by atoms with van der Waals surface area (Å²) >= 11 is 0. The van der Waals surface area contributed by atoms with Crippen LogP contribution in [0.15, 0.2) is 0 Å². The van der Waals surface area contributed by atoms with Crippen molar-refractivity contribution in [1.29, 1.82) is 0 Å². The summed E-state index contributed by atoms with van der Waals surface area (Å²) in [5, 5.41) is 0. The van der Waals surface area contributed by atoms with Crippen molar-refractivity contribution in [2.75, 3.05) is 0 Å². The molecule has 0 aliphatic heterocycles. The fourth-order valence-electron chi connectivity index (χ4n) is 0. The van der Waals surface area contributed by atoms with Crippen molar-refractivity contribution in [3.63, 3.8) is 0 Å². The summed E-state index contributed by atoms with van der Waals surface area (Å²) in [4.78, 5) is 6.99. The summed E-state index contributed by atoms with van der Waals surface area (Å²) in [7, 11) is -0.833. The summed E-state index contributed by atoms with van der Waals surface area (Å²) in [5.41, 5.74) is 0. The zero-order chi connectivity index (χ0) is 4.71. The summed E-state index contributed by atoms with van der Waals surface area (Å²) in [5.74, 6) is 0. The molecule has 0 spiro atoms. The van der Waals surface area contributed by atoms with Crippen molar-refractivity contribution in [3.8, 4) is 0 Å². The molecule has 6 heavy (non-hydrogen) atoms. The van der Waals surface area contributed by atoms with Crippen LogP contribution in [0.25, 0.3) is 0 Å². The Morgan fingerprint density at radius 2 is 1.67 bits per heavy atom. The van der Waals surface area contributed by atoms with E-state index >= 15 is 0 Å². The van der Waals surface area contributed by atoms with Crippen LogP contribution < -0.4 is 29.6 Å². The van der Waals surface area contributed by atoms with Crippen molar-refractivity contribution in [3.05, 3.63) is 6.92 Å². The van der Waals surface area contributed by atoms with E-state index < -0.39 is 8.69 Å². The average molecular weight is 116 g/mol. The summed E-state index contributed by atoms with van der Waals surface area (Å²) in [6.45, 7) is 5.00. The minimum absolute atomic E-state index is 0. The fraction of sp³-hybridized carbons (Fsp3) is 0.500. The molecule has 0 fully saturated rings. The number of hydrogen-bond donors (Lipinski definition) is 1. The first-order chi connectivity index (χ1) is 2.41. The van der Waals surface area contributed by atoms with E-state index in [1.165, 1.54) is 0 Å². The van der Waals surface area contributed by atoms with Gasteiger partial charge < -0.3 is 11.8 Å². The first kappa shape index (κ1) is 15.7. The molecule has 0 bridgehead atoms. The van der Waals surface area contributed by atoms with Crippen molar-refractivity contribution in [2.45, 2.75) is 6.92 Å². The van der Waals surface area contributed by atoms with Gasteiger partial charge >= 0.3 is 38.2 Å². The van der Waals surface area contributed by atoms with Gasteiger partial charge in [0, 0.05) is 0 Å². The predicted molar refractivity (Wildman–Crippen MR) is 20.9 cm³/mol. The van der Waals surface area contributed by atoms with Crippen LogP contribution in [0.1, 0.15) is 6.92 Å². The molecule has 0 aromatic carbocycles. The Kier molecular flexibility index (Phi) is 95.8. The van der Waals surface area contributed by atoms with E-state index in [2.05, 4.69) is 6.92 Å². The first-order valence-corrected chi connectivity index (χ1v) is 1.85. The van der Waals surface area contributed by atoms with Crippen LogP contribution in [0, 0.1) is 6.92 Å². The molecule has 0 amide bonds. The molecule has 32 valence electrons. The molecule has 0 radical (unpaired) electrons. The Morgan fingerprint density at radius 3 is 1.67 bits per heavy atom. The van der Waals surface area contributed by atoms with Gasteiger partial charge in [0.15, 0.2) is 0 Å². The maximum absolute atomic E-state index is 8.46. The van der Waals surface area contributed by atoms with E-state index in [-0.39, 0.29) is 29.6 Å². The molecule has 0 aromatic rings. The van der Waals surface area contributed by atoms with Gasteiger partial charge in [0.25, 0.3) is 0 Å². The molecule has 0 aliphatic rings. The van der Waals surface area contributed by atoms with E-state index in [1.54, 1.807) is 6.92 Å². The van der Waals surface area contributed by atoms with Gasteiger partial charge in [0.05, 0.1) is 0 Å². The smallest absolute Gasteiger partial charge is 0.346 e. The van der Waals surface area contributed by atoms with Gasteiger partial charge in [0.1, 0.15) is 0 Å². The van der Waals surface area contributed by atoms with Gasteiger partial charge in [-0.05, 0) is 0 Å². The molecule has 0 saturated heterocycles. The molecule has 0 heterocycles. The Morgan fingerprint density at radius 1 is 1.67 bits per heavy atom. The standard InChI is InChI=1S/C2H5.Na.HO2P/c1-2;;1-3-2/h1H2,2H3;;(H,1,2)/q-1;+1;. The van der Waals surface area contributed by atoms with E-state index in [0.717, 1.165) is 0 Å². The Bertz CT molecular complexity index is 19.0. The van der Waals surface area contributed by atoms with Gasteiger partial charge in [-0.3, -0.25) is 0 Å². The van der Waals surface area contributed by atoms with Crippen molar-refractivity contribution >= 4 is 8.69 Å². The van der Waals surface area contributed by atoms with Crippen LogP contribution in [0.5, 0.6) is 0 Å². The molecule has 0 rings (SSSR count). The van der Waals surface area contributed by atoms with Crippen LogP contribution in [-0.2, 0) is 4.57 Å². The van der Waals surface area contributed by atoms with Gasteiger partial charge in [0.2, 0.25) is 0 Å². The van der Waals surface area contributed by atoms with E-state index in [0.29, 0.717) is 0 Å². The predicted octanol–water partition coefficient (Wildman–Crippen LogP) is -1.97. The first-order valence-electron chi connectivity index (χ1n) is 1.09. The Labute approximate surface area is 61.5 Å². The third kappa shape index (κ3) is 74.2. The summed E-state index contributed by atoms with van der Waals surface area (Å²) in [6, 6.07) is 0. The normalized spacial score (nSPS) is 4.50. The maximum Gasteiger partial charge on any atom is 1.00 e. The summed E-state index contributed by atoms with van der Waals surface area (Å²) in [6.07, 6.45) is 0. The number of rotatable bonds is 0. The molecule has 0 atom stereocenters. The van der Waals surface area contributed by atoms with E-state index in [4.69, 9.17) is 9.46 Å². The SMILES string of the molecule is O=PO.[CH2-]C.[Na+]. The van der Waals surface area contributed by atoms with Gasteiger partial charge in [-0.2, -0.15) is 6.92 Å². The topological polar surface area (TPSA) is 37.3 Å².